The monoisotopic (exact) mass is 395 g/mol. The Kier molecular flexibility index (Phi) is 5.57. The zero-order valence-electron chi connectivity index (χ0n) is 15.9. The normalized spacial score (nSPS) is 17.1. The smallest absolute Gasteiger partial charge is 0.257 e. The molecule has 2 heterocycles. The molecule has 1 N–H and O–H groups in total. The lowest BCUT2D eigenvalue weighted by atomic mass is 9.87. The van der Waals surface area contributed by atoms with Crippen LogP contribution in [-0.2, 0) is 11.2 Å². The molecule has 1 saturated carbocycles. The van der Waals surface area contributed by atoms with E-state index in [1.165, 1.54) is 49.5 Å². The molecule has 1 aliphatic carbocycles. The summed E-state index contributed by atoms with van der Waals surface area (Å²) in [4.78, 5) is 31.1. The number of carbonyl (C=O) groups excluding carboxylic acids is 2. The maximum absolute atomic E-state index is 12.7. The molecule has 2 amide bonds. The van der Waals surface area contributed by atoms with Gasteiger partial charge >= 0.3 is 0 Å². The van der Waals surface area contributed by atoms with E-state index in [2.05, 4.69) is 22.3 Å². The number of nitrogens with one attached hydrogen (secondary N) is 1. The Bertz CT molecular complexity index is 899. The van der Waals surface area contributed by atoms with Crippen LogP contribution in [0, 0.1) is 0 Å². The van der Waals surface area contributed by atoms with Crippen LogP contribution in [0.1, 0.15) is 66.1 Å². The van der Waals surface area contributed by atoms with E-state index in [1.54, 1.807) is 11.0 Å². The number of hydrogen-bond acceptors (Lipinski definition) is 4. The number of aryl methyl sites for hydroxylation is 1. The van der Waals surface area contributed by atoms with E-state index in [-0.39, 0.29) is 11.8 Å². The number of fused-ring (bicyclic) bond motifs is 1. The van der Waals surface area contributed by atoms with Crippen LogP contribution in [0.15, 0.2) is 36.2 Å². The lowest BCUT2D eigenvalue weighted by Crippen LogP contribution is -2.34. The molecule has 1 aromatic heterocycles. The lowest BCUT2D eigenvalue weighted by Gasteiger charge is -2.28. The number of thiazole rings is 1. The minimum absolute atomic E-state index is 0.101. The van der Waals surface area contributed by atoms with Gasteiger partial charge in [-0.2, -0.15) is 0 Å². The van der Waals surface area contributed by atoms with Gasteiger partial charge in [-0.15, -0.1) is 11.3 Å². The third-order valence-corrected chi connectivity index (χ3v) is 6.44. The first-order valence-electron chi connectivity index (χ1n) is 9.99. The Labute approximate surface area is 169 Å². The van der Waals surface area contributed by atoms with Crippen molar-refractivity contribution in [3.8, 4) is 0 Å². The van der Waals surface area contributed by atoms with Crippen LogP contribution in [0.3, 0.4) is 0 Å². The van der Waals surface area contributed by atoms with Crippen LogP contribution >= 0.6 is 11.3 Å². The van der Waals surface area contributed by atoms with E-state index >= 15 is 0 Å². The largest absolute Gasteiger partial charge is 0.309 e. The van der Waals surface area contributed by atoms with Crippen LogP contribution in [0.2, 0.25) is 0 Å². The van der Waals surface area contributed by atoms with Crippen molar-refractivity contribution in [2.75, 3.05) is 16.8 Å². The highest BCUT2D eigenvalue weighted by Gasteiger charge is 2.23. The van der Waals surface area contributed by atoms with E-state index in [0.717, 1.165) is 29.8 Å². The third-order valence-electron chi connectivity index (χ3n) is 5.67. The SMILES string of the molecule is C=CC(=O)N1CCCc2cc(C(=O)Nc3nc(C4CCCCC4)cs3)ccc21. The van der Waals surface area contributed by atoms with Crippen molar-refractivity contribution in [1.82, 2.24) is 4.98 Å². The van der Waals surface area contributed by atoms with Gasteiger partial charge in [-0.1, -0.05) is 25.8 Å². The second-order valence-corrected chi connectivity index (χ2v) is 8.37. The zero-order chi connectivity index (χ0) is 19.5. The number of rotatable bonds is 4. The fraction of sp³-hybridized carbons (Fsp3) is 0.409. The molecular weight excluding hydrogens is 370 g/mol. The third kappa shape index (κ3) is 3.87. The van der Waals surface area contributed by atoms with Gasteiger partial charge in [0.2, 0.25) is 5.91 Å². The molecule has 0 bridgehead atoms. The summed E-state index contributed by atoms with van der Waals surface area (Å²) in [5.74, 6) is 0.281. The van der Waals surface area contributed by atoms with E-state index in [4.69, 9.17) is 0 Å². The summed E-state index contributed by atoms with van der Waals surface area (Å²) in [6, 6.07) is 5.53. The molecule has 0 atom stereocenters. The summed E-state index contributed by atoms with van der Waals surface area (Å²) in [5, 5.41) is 5.68. The predicted octanol–water partition coefficient (Wildman–Crippen LogP) is 4.91. The first-order valence-corrected chi connectivity index (χ1v) is 10.9. The Hall–Kier alpha value is -2.47. The first kappa shape index (κ1) is 18.9. The van der Waals surface area contributed by atoms with Gasteiger partial charge in [-0.25, -0.2) is 4.98 Å². The fourth-order valence-electron chi connectivity index (χ4n) is 4.18. The molecule has 6 heteroatoms. The van der Waals surface area contributed by atoms with Crippen molar-refractivity contribution >= 4 is 34.0 Å². The molecule has 1 aromatic carbocycles. The van der Waals surface area contributed by atoms with Crippen molar-refractivity contribution < 1.29 is 9.59 Å². The van der Waals surface area contributed by atoms with E-state index in [1.807, 2.05) is 12.1 Å². The van der Waals surface area contributed by atoms with Crippen molar-refractivity contribution in [2.24, 2.45) is 0 Å². The highest BCUT2D eigenvalue weighted by atomic mass is 32.1. The van der Waals surface area contributed by atoms with Crippen molar-refractivity contribution in [3.63, 3.8) is 0 Å². The Morgan fingerprint density at radius 1 is 1.21 bits per heavy atom. The van der Waals surface area contributed by atoms with Crippen molar-refractivity contribution in [3.05, 3.63) is 53.1 Å². The van der Waals surface area contributed by atoms with E-state index in [0.29, 0.717) is 23.2 Å². The fourth-order valence-corrected chi connectivity index (χ4v) is 4.96. The quantitative estimate of drug-likeness (QED) is 0.748. The molecule has 0 unspecified atom stereocenters. The summed E-state index contributed by atoms with van der Waals surface area (Å²) in [6.45, 7) is 4.26. The van der Waals surface area contributed by atoms with Crippen LogP contribution in [-0.4, -0.2) is 23.3 Å². The minimum atomic E-state index is -0.153. The molecule has 1 fully saturated rings. The number of nitrogens with zero attached hydrogens (tertiary/aromatic N) is 2. The summed E-state index contributed by atoms with van der Waals surface area (Å²) < 4.78 is 0. The number of anilines is 2. The summed E-state index contributed by atoms with van der Waals surface area (Å²) >= 11 is 1.50. The number of amides is 2. The second kappa shape index (κ2) is 8.27. The Balaban J connectivity index is 1.47. The summed E-state index contributed by atoms with van der Waals surface area (Å²) in [6.07, 6.45) is 9.33. The topological polar surface area (TPSA) is 62.3 Å². The van der Waals surface area contributed by atoms with Gasteiger partial charge in [0.25, 0.3) is 5.91 Å². The summed E-state index contributed by atoms with van der Waals surface area (Å²) in [5.41, 5.74) is 3.61. The highest BCUT2D eigenvalue weighted by molar-refractivity contribution is 7.14. The number of aromatic nitrogens is 1. The van der Waals surface area contributed by atoms with Crippen molar-refractivity contribution in [1.29, 1.82) is 0 Å². The standard InChI is InChI=1S/C22H25N3O2S/c1-2-20(26)25-12-6-9-16-13-17(10-11-19(16)25)21(27)24-22-23-18(14-28-22)15-7-4-3-5-8-15/h2,10-11,13-15H,1,3-9,12H2,(H,23,24,27). The summed E-state index contributed by atoms with van der Waals surface area (Å²) in [7, 11) is 0. The van der Waals surface area contributed by atoms with Crippen LogP contribution < -0.4 is 10.2 Å². The lowest BCUT2D eigenvalue weighted by molar-refractivity contribution is -0.114. The Morgan fingerprint density at radius 2 is 2.04 bits per heavy atom. The molecule has 0 saturated heterocycles. The molecule has 5 nitrogen and oxygen atoms in total. The molecule has 2 aliphatic rings. The maximum atomic E-state index is 12.7. The van der Waals surface area contributed by atoms with E-state index in [9.17, 15) is 9.59 Å². The number of benzene rings is 1. The molecule has 2 aromatic rings. The number of carbonyl (C=O) groups is 2. The van der Waals surface area contributed by atoms with Crippen LogP contribution in [0.25, 0.3) is 0 Å². The average Bonchev–Trinajstić information content (AvgIpc) is 3.21. The average molecular weight is 396 g/mol. The molecule has 0 spiro atoms. The Morgan fingerprint density at radius 3 is 2.82 bits per heavy atom. The van der Waals surface area contributed by atoms with Gasteiger partial charge in [0.15, 0.2) is 5.13 Å². The van der Waals surface area contributed by atoms with Crippen LogP contribution in [0.4, 0.5) is 10.8 Å². The maximum Gasteiger partial charge on any atom is 0.257 e. The first-order chi connectivity index (χ1) is 13.7. The van der Waals surface area contributed by atoms with Gasteiger partial charge < -0.3 is 4.90 Å². The van der Waals surface area contributed by atoms with Crippen LogP contribution in [0.5, 0.6) is 0 Å². The predicted molar refractivity (Wildman–Crippen MR) is 113 cm³/mol. The zero-order valence-corrected chi connectivity index (χ0v) is 16.8. The second-order valence-electron chi connectivity index (χ2n) is 7.51. The van der Waals surface area contributed by atoms with Gasteiger partial charge in [0.05, 0.1) is 5.69 Å². The highest BCUT2D eigenvalue weighted by Crippen LogP contribution is 2.34. The number of hydrogen-bond donors (Lipinski definition) is 1. The van der Waals surface area contributed by atoms with E-state index < -0.39 is 0 Å². The molecule has 1 aliphatic heterocycles. The minimum Gasteiger partial charge on any atom is -0.309 e. The van der Waals surface area contributed by atoms with Gasteiger partial charge in [0, 0.05) is 29.1 Å². The molecule has 4 rings (SSSR count). The van der Waals surface area contributed by atoms with Gasteiger partial charge in [-0.3, -0.25) is 14.9 Å². The van der Waals surface area contributed by atoms with Crippen molar-refractivity contribution in [2.45, 2.75) is 50.9 Å². The molecule has 0 radical (unpaired) electrons. The molecular formula is C22H25N3O2S. The molecule has 28 heavy (non-hydrogen) atoms. The van der Waals surface area contributed by atoms with Gasteiger partial charge in [-0.05, 0) is 55.5 Å². The molecule has 146 valence electrons. The van der Waals surface area contributed by atoms with Gasteiger partial charge in [0.1, 0.15) is 0 Å².